The van der Waals surface area contributed by atoms with Crippen LogP contribution in [0.15, 0.2) is 30.7 Å². The Balaban J connectivity index is 1.25. The van der Waals surface area contributed by atoms with Gasteiger partial charge in [-0.25, -0.2) is 9.78 Å². The smallest absolute Gasteiger partial charge is 0.343 e. The normalized spacial score (nSPS) is 15.3. The van der Waals surface area contributed by atoms with Gasteiger partial charge in [0.25, 0.3) is 0 Å². The SMILES string of the molecule is O=C(NCCCCC1CCN(C(=O)CCC(F)(F)F)CC1)Nc1ccc2nccn2c1. The number of nitrogens with one attached hydrogen (secondary N) is 2. The van der Waals surface area contributed by atoms with Gasteiger partial charge in [-0.1, -0.05) is 12.8 Å². The first-order chi connectivity index (χ1) is 14.8. The summed E-state index contributed by atoms with van der Waals surface area (Å²) in [6, 6.07) is 3.36. The Hall–Kier alpha value is -2.78. The van der Waals surface area contributed by atoms with Gasteiger partial charge in [0.15, 0.2) is 0 Å². The van der Waals surface area contributed by atoms with E-state index in [0.717, 1.165) is 37.8 Å². The number of carbonyl (C=O) groups excluding carboxylic acids is 2. The number of nitrogens with zero attached hydrogens (tertiary/aromatic N) is 3. The number of halogens is 3. The first-order valence-electron chi connectivity index (χ1n) is 10.6. The first kappa shape index (κ1) is 22.9. The van der Waals surface area contributed by atoms with Crippen molar-refractivity contribution in [3.8, 4) is 0 Å². The average molecular weight is 439 g/mol. The summed E-state index contributed by atoms with van der Waals surface area (Å²) in [6.45, 7) is 1.63. The highest BCUT2D eigenvalue weighted by molar-refractivity contribution is 5.89. The highest BCUT2D eigenvalue weighted by atomic mass is 19.4. The van der Waals surface area contributed by atoms with Crippen LogP contribution in [0.5, 0.6) is 0 Å². The quantitative estimate of drug-likeness (QED) is 0.605. The predicted octanol–water partition coefficient (Wildman–Crippen LogP) is 4.21. The largest absolute Gasteiger partial charge is 0.389 e. The molecule has 170 valence electrons. The molecule has 0 aliphatic carbocycles. The molecule has 0 aromatic carbocycles. The highest BCUT2D eigenvalue weighted by Gasteiger charge is 2.30. The monoisotopic (exact) mass is 439 g/mol. The molecule has 0 spiro atoms. The molecular weight excluding hydrogens is 411 g/mol. The van der Waals surface area contributed by atoms with Crippen LogP contribution in [-0.4, -0.2) is 52.0 Å². The lowest BCUT2D eigenvalue weighted by Crippen LogP contribution is -2.38. The minimum absolute atomic E-state index is 0.259. The van der Waals surface area contributed by atoms with Crippen molar-refractivity contribution in [2.45, 2.75) is 51.1 Å². The first-order valence-corrected chi connectivity index (χ1v) is 10.6. The Morgan fingerprint density at radius 2 is 1.94 bits per heavy atom. The van der Waals surface area contributed by atoms with Crippen molar-refractivity contribution in [3.05, 3.63) is 30.7 Å². The van der Waals surface area contributed by atoms with Gasteiger partial charge in [-0.3, -0.25) is 4.79 Å². The van der Waals surface area contributed by atoms with Gasteiger partial charge in [0.2, 0.25) is 5.91 Å². The zero-order chi connectivity index (χ0) is 22.3. The van der Waals surface area contributed by atoms with Gasteiger partial charge in [-0.2, -0.15) is 13.2 Å². The molecule has 0 unspecified atom stereocenters. The van der Waals surface area contributed by atoms with E-state index >= 15 is 0 Å². The number of unbranched alkanes of at least 4 members (excludes halogenated alkanes) is 1. The van der Waals surface area contributed by atoms with E-state index in [1.54, 1.807) is 29.6 Å². The topological polar surface area (TPSA) is 78.7 Å². The van der Waals surface area contributed by atoms with Crippen molar-refractivity contribution in [2.24, 2.45) is 5.92 Å². The summed E-state index contributed by atoms with van der Waals surface area (Å²) in [5, 5.41) is 5.63. The molecule has 0 bridgehead atoms. The lowest BCUT2D eigenvalue weighted by Gasteiger charge is -2.32. The Labute approximate surface area is 179 Å². The summed E-state index contributed by atoms with van der Waals surface area (Å²) < 4.78 is 38.6. The third kappa shape index (κ3) is 7.45. The van der Waals surface area contributed by atoms with Crippen molar-refractivity contribution in [2.75, 3.05) is 25.0 Å². The van der Waals surface area contributed by atoms with Gasteiger partial charge in [-0.05, 0) is 37.3 Å². The molecule has 3 amide bonds. The number of hydrogen-bond donors (Lipinski definition) is 2. The molecule has 2 aromatic rings. The minimum atomic E-state index is -4.29. The molecule has 1 aliphatic heterocycles. The van der Waals surface area contributed by atoms with Crippen LogP contribution in [0, 0.1) is 5.92 Å². The third-order valence-electron chi connectivity index (χ3n) is 5.56. The van der Waals surface area contributed by atoms with Crippen molar-refractivity contribution < 1.29 is 22.8 Å². The lowest BCUT2D eigenvalue weighted by atomic mass is 9.91. The van der Waals surface area contributed by atoms with E-state index in [4.69, 9.17) is 0 Å². The van der Waals surface area contributed by atoms with E-state index in [0.29, 0.717) is 31.2 Å². The van der Waals surface area contributed by atoms with Crippen molar-refractivity contribution in [3.63, 3.8) is 0 Å². The number of carbonyl (C=O) groups is 2. The Bertz CT molecular complexity index is 875. The van der Waals surface area contributed by atoms with E-state index in [2.05, 4.69) is 15.6 Å². The second kappa shape index (κ2) is 10.5. The fraction of sp³-hybridized carbons (Fsp3) is 0.571. The number of alkyl halides is 3. The van der Waals surface area contributed by atoms with Crippen LogP contribution in [0.1, 0.15) is 44.9 Å². The zero-order valence-corrected chi connectivity index (χ0v) is 17.3. The number of anilines is 1. The number of likely N-dealkylation sites (tertiary alicyclic amines) is 1. The molecule has 2 N–H and O–H groups in total. The van der Waals surface area contributed by atoms with Crippen LogP contribution in [0.25, 0.3) is 5.65 Å². The summed E-state index contributed by atoms with van der Waals surface area (Å²) >= 11 is 0. The van der Waals surface area contributed by atoms with Crippen molar-refractivity contribution in [1.29, 1.82) is 0 Å². The summed E-state index contributed by atoms with van der Waals surface area (Å²) in [4.78, 5) is 29.6. The highest BCUT2D eigenvalue weighted by Crippen LogP contribution is 2.25. The van der Waals surface area contributed by atoms with E-state index in [-0.39, 0.29) is 6.03 Å². The maximum Gasteiger partial charge on any atom is 0.389 e. The van der Waals surface area contributed by atoms with E-state index in [1.165, 1.54) is 0 Å². The van der Waals surface area contributed by atoms with Gasteiger partial charge in [0.05, 0.1) is 12.1 Å². The lowest BCUT2D eigenvalue weighted by molar-refractivity contribution is -0.149. The molecule has 3 heterocycles. The summed E-state index contributed by atoms with van der Waals surface area (Å²) in [5.41, 5.74) is 1.49. The molecular formula is C21H28F3N5O2. The fourth-order valence-electron chi connectivity index (χ4n) is 3.81. The number of hydrogen-bond acceptors (Lipinski definition) is 3. The standard InChI is InChI=1S/C21H28F3N5O2/c22-21(23,24)9-6-19(30)28-12-7-16(8-13-28)3-1-2-10-26-20(31)27-17-4-5-18-25-11-14-29(18)15-17/h4-5,11,14-16H,1-3,6-10,12-13H2,(H2,26,27,31). The molecule has 2 aromatic heterocycles. The zero-order valence-electron chi connectivity index (χ0n) is 17.3. The van der Waals surface area contributed by atoms with Gasteiger partial charge in [0.1, 0.15) is 5.65 Å². The Kier molecular flexibility index (Phi) is 7.75. The Morgan fingerprint density at radius 1 is 1.16 bits per heavy atom. The third-order valence-corrected chi connectivity index (χ3v) is 5.56. The van der Waals surface area contributed by atoms with Crippen molar-refractivity contribution >= 4 is 23.3 Å². The molecule has 1 fully saturated rings. The van der Waals surface area contributed by atoms with Crippen LogP contribution in [0.4, 0.5) is 23.7 Å². The molecule has 1 saturated heterocycles. The molecule has 0 radical (unpaired) electrons. The van der Waals surface area contributed by atoms with E-state index in [9.17, 15) is 22.8 Å². The van der Waals surface area contributed by atoms with Gasteiger partial charge in [-0.15, -0.1) is 0 Å². The number of imidazole rings is 1. The van der Waals surface area contributed by atoms with E-state index < -0.39 is 24.9 Å². The summed E-state index contributed by atoms with van der Waals surface area (Å²) in [6.07, 6.45) is 3.93. The molecule has 1 aliphatic rings. The maximum atomic E-state index is 12.2. The van der Waals surface area contributed by atoms with Crippen LogP contribution in [-0.2, 0) is 4.79 Å². The number of aromatic nitrogens is 2. The second-order valence-electron chi connectivity index (χ2n) is 7.93. The molecule has 0 saturated carbocycles. The van der Waals surface area contributed by atoms with Crippen LogP contribution < -0.4 is 10.6 Å². The molecule has 3 rings (SSSR count). The van der Waals surface area contributed by atoms with Gasteiger partial charge >= 0.3 is 12.2 Å². The van der Waals surface area contributed by atoms with Crippen LogP contribution in [0.3, 0.4) is 0 Å². The number of fused-ring (bicyclic) bond motifs is 1. The number of piperidine rings is 1. The average Bonchev–Trinajstić information content (AvgIpc) is 3.19. The van der Waals surface area contributed by atoms with Crippen LogP contribution in [0.2, 0.25) is 0 Å². The summed E-state index contributed by atoms with van der Waals surface area (Å²) in [7, 11) is 0. The Morgan fingerprint density at radius 3 is 2.68 bits per heavy atom. The van der Waals surface area contributed by atoms with E-state index in [1.807, 2.05) is 10.5 Å². The van der Waals surface area contributed by atoms with Crippen LogP contribution >= 0.6 is 0 Å². The fourth-order valence-corrected chi connectivity index (χ4v) is 3.81. The van der Waals surface area contributed by atoms with Crippen molar-refractivity contribution in [1.82, 2.24) is 19.6 Å². The molecule has 10 heteroatoms. The summed E-state index contributed by atoms with van der Waals surface area (Å²) in [5.74, 6) is 0.0700. The van der Waals surface area contributed by atoms with Gasteiger partial charge < -0.3 is 19.9 Å². The van der Waals surface area contributed by atoms with Gasteiger partial charge in [0, 0.05) is 44.6 Å². The predicted molar refractivity (Wildman–Crippen MR) is 111 cm³/mol. The maximum absolute atomic E-state index is 12.2. The number of pyridine rings is 1. The second-order valence-corrected chi connectivity index (χ2v) is 7.93. The molecule has 0 atom stereocenters. The number of amides is 3. The number of rotatable bonds is 8. The molecule has 7 nitrogen and oxygen atoms in total. The number of urea groups is 1. The minimum Gasteiger partial charge on any atom is -0.343 e. The molecule has 31 heavy (non-hydrogen) atoms.